The number of carbonyl (C=O) groups is 3. The van der Waals surface area contributed by atoms with Gasteiger partial charge in [-0.05, 0) is 18.2 Å². The molecule has 1 aromatic carbocycles. The van der Waals surface area contributed by atoms with E-state index in [1.54, 1.807) is 0 Å². The molecule has 0 aromatic heterocycles. The van der Waals surface area contributed by atoms with Gasteiger partial charge in [-0.25, -0.2) is 4.79 Å². The van der Waals surface area contributed by atoms with Crippen LogP contribution < -0.4 is 10.6 Å². The predicted molar refractivity (Wildman–Crippen MR) is 61.1 cm³/mol. The van der Waals surface area contributed by atoms with Crippen LogP contribution in [0.4, 0.5) is 5.69 Å². The van der Waals surface area contributed by atoms with E-state index in [1.165, 1.54) is 32.2 Å². The van der Waals surface area contributed by atoms with Gasteiger partial charge in [-0.2, -0.15) is 0 Å². The molecule has 0 atom stereocenters. The molecule has 3 N–H and O–H groups in total. The van der Waals surface area contributed by atoms with E-state index in [1.807, 2.05) is 0 Å². The Kier molecular flexibility index (Phi) is 3.82. The summed E-state index contributed by atoms with van der Waals surface area (Å²) in [6, 6.07) is 3.94. The minimum Gasteiger partial charge on any atom is -0.478 e. The molecule has 0 aliphatic heterocycles. The van der Waals surface area contributed by atoms with Crippen molar-refractivity contribution < 1.29 is 19.5 Å². The Morgan fingerprint density at radius 3 is 2.18 bits per heavy atom. The number of amides is 2. The van der Waals surface area contributed by atoms with Gasteiger partial charge in [0.05, 0.1) is 5.56 Å². The number of carbonyl (C=O) groups excluding carboxylic acids is 2. The van der Waals surface area contributed by atoms with E-state index in [9.17, 15) is 14.4 Å². The molecule has 90 valence electrons. The third-order valence-electron chi connectivity index (χ3n) is 1.99. The highest BCUT2D eigenvalue weighted by molar-refractivity contribution is 6.00. The van der Waals surface area contributed by atoms with Gasteiger partial charge < -0.3 is 15.7 Å². The van der Waals surface area contributed by atoms with E-state index in [0.717, 1.165) is 0 Å². The van der Waals surface area contributed by atoms with Crippen molar-refractivity contribution in [3.05, 3.63) is 29.3 Å². The van der Waals surface area contributed by atoms with Crippen LogP contribution in [0.5, 0.6) is 0 Å². The Labute approximate surface area is 97.6 Å². The van der Waals surface area contributed by atoms with Crippen molar-refractivity contribution in [2.75, 3.05) is 12.4 Å². The Hall–Kier alpha value is -2.37. The number of carboxylic acids is 1. The second kappa shape index (κ2) is 5.11. The highest BCUT2D eigenvalue weighted by Crippen LogP contribution is 2.15. The van der Waals surface area contributed by atoms with Crippen molar-refractivity contribution >= 4 is 23.5 Å². The lowest BCUT2D eigenvalue weighted by Gasteiger charge is -2.07. The zero-order valence-electron chi connectivity index (χ0n) is 9.40. The second-order valence-corrected chi connectivity index (χ2v) is 3.36. The molecule has 0 unspecified atom stereocenters. The number of rotatable bonds is 3. The minimum absolute atomic E-state index is 0.0603. The van der Waals surface area contributed by atoms with Crippen molar-refractivity contribution in [1.29, 1.82) is 0 Å². The molecular weight excluding hydrogens is 224 g/mol. The van der Waals surface area contributed by atoms with Crippen molar-refractivity contribution in [1.82, 2.24) is 5.32 Å². The maximum atomic E-state index is 11.4. The summed E-state index contributed by atoms with van der Waals surface area (Å²) in [6.45, 7) is 1.30. The first-order chi connectivity index (χ1) is 7.93. The highest BCUT2D eigenvalue weighted by atomic mass is 16.4. The van der Waals surface area contributed by atoms with Crippen LogP contribution in [0.15, 0.2) is 18.2 Å². The third kappa shape index (κ3) is 3.30. The summed E-state index contributed by atoms with van der Waals surface area (Å²) >= 11 is 0. The molecule has 1 aromatic rings. The van der Waals surface area contributed by atoms with Gasteiger partial charge in [0.15, 0.2) is 0 Å². The normalized spacial score (nSPS) is 9.53. The molecule has 1 rings (SSSR count). The van der Waals surface area contributed by atoms with Crippen molar-refractivity contribution in [3.8, 4) is 0 Å². The fourth-order valence-corrected chi connectivity index (χ4v) is 1.30. The molecule has 0 fully saturated rings. The number of benzene rings is 1. The largest absolute Gasteiger partial charge is 0.478 e. The molecule has 0 spiro atoms. The fraction of sp³-hybridized carbons (Fsp3) is 0.182. The third-order valence-corrected chi connectivity index (χ3v) is 1.99. The van der Waals surface area contributed by atoms with Crippen LogP contribution in [0.1, 0.15) is 27.6 Å². The molecule has 2 amide bonds. The van der Waals surface area contributed by atoms with E-state index >= 15 is 0 Å². The smallest absolute Gasteiger partial charge is 0.335 e. The number of hydrogen-bond donors (Lipinski definition) is 3. The highest BCUT2D eigenvalue weighted by Gasteiger charge is 2.11. The Morgan fingerprint density at radius 1 is 1.12 bits per heavy atom. The summed E-state index contributed by atoms with van der Waals surface area (Å²) in [5, 5.41) is 13.7. The molecular formula is C11H12N2O4. The topological polar surface area (TPSA) is 95.5 Å². The van der Waals surface area contributed by atoms with Gasteiger partial charge >= 0.3 is 5.97 Å². The van der Waals surface area contributed by atoms with Gasteiger partial charge in [0, 0.05) is 25.2 Å². The zero-order chi connectivity index (χ0) is 13.0. The molecule has 0 radical (unpaired) electrons. The maximum Gasteiger partial charge on any atom is 0.335 e. The molecule has 17 heavy (non-hydrogen) atoms. The van der Waals surface area contributed by atoms with E-state index < -0.39 is 11.9 Å². The molecule has 0 saturated carbocycles. The number of nitrogens with one attached hydrogen (secondary N) is 2. The first-order valence-electron chi connectivity index (χ1n) is 4.82. The maximum absolute atomic E-state index is 11.4. The molecule has 6 heteroatoms. The Balaban J connectivity index is 3.23. The van der Waals surface area contributed by atoms with E-state index in [2.05, 4.69) is 10.6 Å². The standard InChI is InChI=1S/C11H12N2O4/c1-6(14)13-9-4-7(10(15)12-2)3-8(5-9)11(16)17/h3-5H,1-2H3,(H,12,15)(H,13,14)(H,16,17). The summed E-state index contributed by atoms with van der Waals surface area (Å²) < 4.78 is 0. The van der Waals surface area contributed by atoms with Crippen LogP contribution in [0.3, 0.4) is 0 Å². The molecule has 0 aliphatic carbocycles. The fourth-order valence-electron chi connectivity index (χ4n) is 1.30. The summed E-state index contributed by atoms with van der Waals surface area (Å²) in [5.74, 6) is -1.92. The van der Waals surface area contributed by atoms with E-state index in [4.69, 9.17) is 5.11 Å². The van der Waals surface area contributed by atoms with E-state index in [-0.39, 0.29) is 22.7 Å². The number of hydrogen-bond acceptors (Lipinski definition) is 3. The van der Waals surface area contributed by atoms with Crippen LogP contribution in [-0.2, 0) is 4.79 Å². The number of anilines is 1. The number of aromatic carboxylic acids is 1. The lowest BCUT2D eigenvalue weighted by Crippen LogP contribution is -2.19. The lowest BCUT2D eigenvalue weighted by molar-refractivity contribution is -0.114. The van der Waals surface area contributed by atoms with Gasteiger partial charge in [0.1, 0.15) is 0 Å². The molecule has 0 bridgehead atoms. The van der Waals surface area contributed by atoms with Gasteiger partial charge in [-0.3, -0.25) is 9.59 Å². The first-order valence-corrected chi connectivity index (χ1v) is 4.82. The average Bonchev–Trinajstić information content (AvgIpc) is 2.26. The summed E-state index contributed by atoms with van der Waals surface area (Å²) in [7, 11) is 1.44. The van der Waals surface area contributed by atoms with Gasteiger partial charge in [0.25, 0.3) is 5.91 Å². The van der Waals surface area contributed by atoms with Crippen LogP contribution in [0.2, 0.25) is 0 Å². The second-order valence-electron chi connectivity index (χ2n) is 3.36. The quantitative estimate of drug-likeness (QED) is 0.719. The monoisotopic (exact) mass is 236 g/mol. The average molecular weight is 236 g/mol. The van der Waals surface area contributed by atoms with Gasteiger partial charge in [-0.1, -0.05) is 0 Å². The van der Waals surface area contributed by atoms with E-state index in [0.29, 0.717) is 0 Å². The molecule has 0 heterocycles. The van der Waals surface area contributed by atoms with Gasteiger partial charge in [0.2, 0.25) is 5.91 Å². The van der Waals surface area contributed by atoms with Crippen LogP contribution >= 0.6 is 0 Å². The summed E-state index contributed by atoms with van der Waals surface area (Å²) in [6.07, 6.45) is 0. The first kappa shape index (κ1) is 12.7. The Bertz CT molecular complexity index is 482. The number of carboxylic acid groups (broad SMARTS) is 1. The summed E-state index contributed by atoms with van der Waals surface area (Å²) in [4.78, 5) is 33.2. The Morgan fingerprint density at radius 2 is 1.71 bits per heavy atom. The summed E-state index contributed by atoms with van der Waals surface area (Å²) in [5.41, 5.74) is 0.391. The van der Waals surface area contributed by atoms with Crippen molar-refractivity contribution in [2.45, 2.75) is 6.92 Å². The van der Waals surface area contributed by atoms with Crippen LogP contribution in [0.25, 0.3) is 0 Å². The van der Waals surface area contributed by atoms with Crippen LogP contribution in [0, 0.1) is 0 Å². The molecule has 0 aliphatic rings. The van der Waals surface area contributed by atoms with Gasteiger partial charge in [-0.15, -0.1) is 0 Å². The van der Waals surface area contributed by atoms with Crippen molar-refractivity contribution in [2.24, 2.45) is 0 Å². The molecule has 6 nitrogen and oxygen atoms in total. The molecule has 0 saturated heterocycles. The zero-order valence-corrected chi connectivity index (χ0v) is 9.40. The van der Waals surface area contributed by atoms with Crippen LogP contribution in [-0.4, -0.2) is 29.9 Å². The predicted octanol–water partition coefficient (Wildman–Crippen LogP) is 0.703. The van der Waals surface area contributed by atoms with Crippen molar-refractivity contribution in [3.63, 3.8) is 0 Å². The lowest BCUT2D eigenvalue weighted by atomic mass is 10.1. The SMILES string of the molecule is CNC(=O)c1cc(NC(C)=O)cc(C(=O)O)c1. The minimum atomic E-state index is -1.16.